The van der Waals surface area contributed by atoms with Crippen LogP contribution >= 0.6 is 0 Å². The van der Waals surface area contributed by atoms with E-state index in [2.05, 4.69) is 11.8 Å². The maximum absolute atomic E-state index is 13.3. The average molecular weight is 304 g/mol. The predicted molar refractivity (Wildman–Crippen MR) is 73.1 cm³/mol. The normalized spacial score (nSPS) is 24.3. The van der Waals surface area contributed by atoms with Crippen LogP contribution in [-0.4, -0.2) is 23.5 Å². The lowest BCUT2D eigenvalue weighted by molar-refractivity contribution is -0.140. The fraction of sp³-hybridized carbons (Fsp3) is 0.600. The zero-order valence-corrected chi connectivity index (χ0v) is 12.0. The number of nitrogens with two attached hydrogens (primary N) is 1. The Kier molecular flexibility index (Phi) is 4.88. The number of alkyl halides is 3. The van der Waals surface area contributed by atoms with Gasteiger partial charge in [0.2, 0.25) is 0 Å². The van der Waals surface area contributed by atoms with Crippen LogP contribution in [0.2, 0.25) is 0 Å². The summed E-state index contributed by atoms with van der Waals surface area (Å²) >= 11 is 0. The van der Waals surface area contributed by atoms with Crippen molar-refractivity contribution in [1.29, 1.82) is 0 Å². The Balaban J connectivity index is 2.22. The van der Waals surface area contributed by atoms with Crippen molar-refractivity contribution in [2.45, 2.75) is 51.0 Å². The summed E-state index contributed by atoms with van der Waals surface area (Å²) in [5, 5.41) is 0. The number of halogens is 4. The van der Waals surface area contributed by atoms with Crippen LogP contribution in [0.4, 0.5) is 17.6 Å². The maximum atomic E-state index is 13.3. The first kappa shape index (κ1) is 16.2. The third kappa shape index (κ3) is 3.74. The lowest BCUT2D eigenvalue weighted by atomic mass is 9.95. The van der Waals surface area contributed by atoms with E-state index < -0.39 is 17.6 Å². The molecule has 0 saturated carbocycles. The van der Waals surface area contributed by atoms with Gasteiger partial charge >= 0.3 is 6.18 Å². The molecule has 118 valence electrons. The number of piperidine rings is 1. The smallest absolute Gasteiger partial charge is 0.329 e. The Labute approximate surface area is 121 Å². The monoisotopic (exact) mass is 304 g/mol. The third-order valence-electron chi connectivity index (χ3n) is 4.17. The Bertz CT molecular complexity index is 487. The quantitative estimate of drug-likeness (QED) is 0.865. The minimum absolute atomic E-state index is 0.174. The Hall–Kier alpha value is -1.14. The van der Waals surface area contributed by atoms with Crippen LogP contribution in [0.1, 0.15) is 37.3 Å². The van der Waals surface area contributed by atoms with Gasteiger partial charge in [-0.15, -0.1) is 0 Å². The van der Waals surface area contributed by atoms with Gasteiger partial charge in [-0.25, -0.2) is 4.39 Å². The van der Waals surface area contributed by atoms with Gasteiger partial charge < -0.3 is 5.73 Å². The number of hydrogen-bond acceptors (Lipinski definition) is 2. The first-order valence-electron chi connectivity index (χ1n) is 7.14. The molecule has 1 aliphatic heterocycles. The number of nitrogens with zero attached hydrogens (tertiary/aromatic N) is 1. The molecule has 1 aliphatic rings. The van der Waals surface area contributed by atoms with Crippen LogP contribution in [0.5, 0.6) is 0 Å². The van der Waals surface area contributed by atoms with E-state index in [0.29, 0.717) is 18.7 Å². The molecule has 1 aromatic carbocycles. The molecule has 21 heavy (non-hydrogen) atoms. The summed E-state index contributed by atoms with van der Waals surface area (Å²) in [7, 11) is 0. The fourth-order valence-corrected chi connectivity index (χ4v) is 2.98. The fourth-order valence-electron chi connectivity index (χ4n) is 2.98. The first-order valence-corrected chi connectivity index (χ1v) is 7.14. The van der Waals surface area contributed by atoms with Gasteiger partial charge in [0.15, 0.2) is 0 Å². The third-order valence-corrected chi connectivity index (χ3v) is 4.17. The van der Waals surface area contributed by atoms with Crippen molar-refractivity contribution in [2.24, 2.45) is 5.73 Å². The molecule has 2 atom stereocenters. The van der Waals surface area contributed by atoms with E-state index in [9.17, 15) is 17.6 Å². The molecule has 0 aromatic heterocycles. The Morgan fingerprint density at radius 3 is 2.62 bits per heavy atom. The van der Waals surface area contributed by atoms with Crippen LogP contribution in [0, 0.1) is 5.82 Å². The second-order valence-electron chi connectivity index (χ2n) is 5.65. The zero-order chi connectivity index (χ0) is 15.6. The second-order valence-corrected chi connectivity index (χ2v) is 5.65. The van der Waals surface area contributed by atoms with E-state index >= 15 is 0 Å². The largest absolute Gasteiger partial charge is 0.419 e. The van der Waals surface area contributed by atoms with Gasteiger partial charge in [-0.3, -0.25) is 4.90 Å². The summed E-state index contributed by atoms with van der Waals surface area (Å²) in [5.41, 5.74) is 5.02. The van der Waals surface area contributed by atoms with Crippen molar-refractivity contribution in [2.75, 3.05) is 6.54 Å². The van der Waals surface area contributed by atoms with Crippen LogP contribution in [0.25, 0.3) is 0 Å². The van der Waals surface area contributed by atoms with Crippen LogP contribution in [0.3, 0.4) is 0 Å². The van der Waals surface area contributed by atoms with Crippen LogP contribution in [0.15, 0.2) is 18.2 Å². The molecule has 2 rings (SSSR count). The summed E-state index contributed by atoms with van der Waals surface area (Å²) in [6.07, 6.45) is -1.63. The molecule has 2 unspecified atom stereocenters. The highest BCUT2D eigenvalue weighted by Crippen LogP contribution is 2.33. The summed E-state index contributed by atoms with van der Waals surface area (Å²) in [5.74, 6) is -1.23. The van der Waals surface area contributed by atoms with Crippen molar-refractivity contribution < 1.29 is 17.6 Å². The summed E-state index contributed by atoms with van der Waals surface area (Å²) < 4.78 is 51.6. The Morgan fingerprint density at radius 2 is 2.00 bits per heavy atom. The minimum atomic E-state index is -4.67. The van der Waals surface area contributed by atoms with E-state index in [4.69, 9.17) is 5.73 Å². The molecule has 0 bridgehead atoms. The zero-order valence-electron chi connectivity index (χ0n) is 12.0. The summed E-state index contributed by atoms with van der Waals surface area (Å²) in [6, 6.07) is 3.66. The van der Waals surface area contributed by atoms with Gasteiger partial charge in [-0.2, -0.15) is 13.2 Å². The van der Waals surface area contributed by atoms with E-state index in [-0.39, 0.29) is 12.1 Å². The topological polar surface area (TPSA) is 29.3 Å². The molecule has 1 aromatic rings. The molecule has 0 spiro atoms. The maximum Gasteiger partial charge on any atom is 0.419 e. The summed E-state index contributed by atoms with van der Waals surface area (Å²) in [6.45, 7) is 2.90. The average Bonchev–Trinajstić information content (AvgIpc) is 2.41. The molecule has 2 N–H and O–H groups in total. The summed E-state index contributed by atoms with van der Waals surface area (Å²) in [4.78, 5) is 2.12. The minimum Gasteiger partial charge on any atom is -0.329 e. The molecule has 0 radical (unpaired) electrons. The second kappa shape index (κ2) is 6.32. The SMILES string of the molecule is CC1CCCC(CN)N1Cc1ccc(F)c(C(F)(F)F)c1. The molecular weight excluding hydrogens is 284 g/mol. The Morgan fingerprint density at radius 1 is 1.29 bits per heavy atom. The van der Waals surface area contributed by atoms with Gasteiger partial charge in [0, 0.05) is 25.2 Å². The van der Waals surface area contributed by atoms with Crippen LogP contribution in [-0.2, 0) is 12.7 Å². The van der Waals surface area contributed by atoms with Crippen molar-refractivity contribution in [3.8, 4) is 0 Å². The van der Waals surface area contributed by atoms with Crippen molar-refractivity contribution in [3.63, 3.8) is 0 Å². The molecule has 0 aliphatic carbocycles. The van der Waals surface area contributed by atoms with Gasteiger partial charge in [0.05, 0.1) is 5.56 Å². The van der Waals surface area contributed by atoms with E-state index in [1.165, 1.54) is 6.07 Å². The highest BCUT2D eigenvalue weighted by atomic mass is 19.4. The highest BCUT2D eigenvalue weighted by Gasteiger charge is 2.34. The van der Waals surface area contributed by atoms with Gasteiger partial charge in [-0.05, 0) is 37.5 Å². The lowest BCUT2D eigenvalue weighted by Gasteiger charge is -2.40. The van der Waals surface area contributed by atoms with E-state index in [1.807, 2.05) is 0 Å². The van der Waals surface area contributed by atoms with Gasteiger partial charge in [0.1, 0.15) is 5.82 Å². The van der Waals surface area contributed by atoms with Crippen LogP contribution < -0.4 is 5.73 Å². The molecule has 0 amide bonds. The lowest BCUT2D eigenvalue weighted by Crippen LogP contribution is -2.48. The van der Waals surface area contributed by atoms with Gasteiger partial charge in [0.25, 0.3) is 0 Å². The molecule has 6 heteroatoms. The van der Waals surface area contributed by atoms with Crippen molar-refractivity contribution in [3.05, 3.63) is 35.1 Å². The van der Waals surface area contributed by atoms with Crippen molar-refractivity contribution >= 4 is 0 Å². The van der Waals surface area contributed by atoms with E-state index in [1.54, 1.807) is 0 Å². The highest BCUT2D eigenvalue weighted by molar-refractivity contribution is 5.27. The molecular formula is C15H20F4N2. The van der Waals surface area contributed by atoms with E-state index in [0.717, 1.165) is 31.4 Å². The number of rotatable bonds is 3. The van der Waals surface area contributed by atoms with Crippen molar-refractivity contribution in [1.82, 2.24) is 4.90 Å². The molecule has 2 nitrogen and oxygen atoms in total. The molecule has 1 fully saturated rings. The van der Waals surface area contributed by atoms with Gasteiger partial charge in [-0.1, -0.05) is 12.5 Å². The first-order chi connectivity index (χ1) is 9.82. The number of likely N-dealkylation sites (tertiary alicyclic amines) is 1. The molecule has 1 heterocycles. The number of benzene rings is 1. The predicted octanol–water partition coefficient (Wildman–Crippen LogP) is 3.55. The number of hydrogen-bond donors (Lipinski definition) is 1. The molecule has 1 saturated heterocycles. The standard InChI is InChI=1S/C15H20F4N2/c1-10-3-2-4-12(8-20)21(10)9-11-5-6-14(16)13(7-11)15(17,18)19/h5-7,10,12H,2-4,8-9,20H2,1H3.